The summed E-state index contributed by atoms with van der Waals surface area (Å²) in [6.45, 7) is 5.83. The number of benzene rings is 1. The van der Waals surface area contributed by atoms with Gasteiger partial charge in [-0.15, -0.1) is 0 Å². The Morgan fingerprint density at radius 2 is 2.00 bits per heavy atom. The summed E-state index contributed by atoms with van der Waals surface area (Å²) < 4.78 is 0. The van der Waals surface area contributed by atoms with Gasteiger partial charge in [-0.1, -0.05) is 37.3 Å². The van der Waals surface area contributed by atoms with E-state index in [4.69, 9.17) is 0 Å². The van der Waals surface area contributed by atoms with Crippen molar-refractivity contribution >= 4 is 0 Å². The van der Waals surface area contributed by atoms with Crippen LogP contribution in [0.2, 0.25) is 0 Å². The third kappa shape index (κ3) is 3.56. The van der Waals surface area contributed by atoms with E-state index in [0.29, 0.717) is 18.0 Å². The molecule has 1 aliphatic rings. The smallest absolute Gasteiger partial charge is 0.0626 e. The summed E-state index contributed by atoms with van der Waals surface area (Å²) in [7, 11) is 2.19. The summed E-state index contributed by atoms with van der Waals surface area (Å²) in [4.78, 5) is 2.42. The van der Waals surface area contributed by atoms with E-state index in [1.807, 2.05) is 18.2 Å². The number of likely N-dealkylation sites (tertiary alicyclic amines) is 1. The largest absolute Gasteiger partial charge is 0.394 e. The van der Waals surface area contributed by atoms with Gasteiger partial charge in [-0.05, 0) is 31.9 Å². The summed E-state index contributed by atoms with van der Waals surface area (Å²) in [6, 6.07) is 11.4. The first-order valence-corrected chi connectivity index (χ1v) is 7.24. The normalized spacial score (nSPS) is 30.2. The molecule has 1 fully saturated rings. The summed E-state index contributed by atoms with van der Waals surface area (Å²) >= 11 is 0. The van der Waals surface area contributed by atoms with E-state index in [1.54, 1.807) is 0 Å². The second kappa shape index (κ2) is 6.51. The molecule has 1 saturated heterocycles. The Balaban J connectivity index is 2.02. The van der Waals surface area contributed by atoms with Crippen molar-refractivity contribution in [1.82, 2.24) is 10.2 Å². The number of nitrogens with one attached hydrogen (secondary N) is 1. The highest BCUT2D eigenvalue weighted by Gasteiger charge is 2.30. The summed E-state index contributed by atoms with van der Waals surface area (Å²) in [6.07, 6.45) is 1.14. The van der Waals surface area contributed by atoms with Crippen molar-refractivity contribution in [3.8, 4) is 0 Å². The molecule has 0 saturated carbocycles. The maximum absolute atomic E-state index is 9.64. The van der Waals surface area contributed by atoms with Gasteiger partial charge in [0.25, 0.3) is 0 Å². The first-order valence-electron chi connectivity index (χ1n) is 7.24. The topological polar surface area (TPSA) is 35.5 Å². The monoisotopic (exact) mass is 262 g/mol. The van der Waals surface area contributed by atoms with E-state index < -0.39 is 0 Å². The SMILES string of the molecule is CC1CN(C)C(C)CC1N[C@@H](CO)c1ccccc1. The predicted octanol–water partition coefficient (Wildman–Crippen LogP) is 2.04. The molecule has 0 amide bonds. The minimum Gasteiger partial charge on any atom is -0.394 e. The van der Waals surface area contributed by atoms with Crippen LogP contribution in [0.25, 0.3) is 0 Å². The van der Waals surface area contributed by atoms with Gasteiger partial charge in [0, 0.05) is 18.6 Å². The lowest BCUT2D eigenvalue weighted by Crippen LogP contribution is -2.52. The number of aliphatic hydroxyl groups is 1. The zero-order valence-electron chi connectivity index (χ0n) is 12.2. The Kier molecular flexibility index (Phi) is 4.97. The van der Waals surface area contributed by atoms with Crippen molar-refractivity contribution in [2.24, 2.45) is 5.92 Å². The summed E-state index contributed by atoms with van der Waals surface area (Å²) in [5, 5.41) is 13.3. The van der Waals surface area contributed by atoms with Gasteiger partial charge in [-0.25, -0.2) is 0 Å². The summed E-state index contributed by atoms with van der Waals surface area (Å²) in [5.41, 5.74) is 1.17. The van der Waals surface area contributed by atoms with E-state index in [9.17, 15) is 5.11 Å². The van der Waals surface area contributed by atoms with E-state index in [-0.39, 0.29) is 12.6 Å². The number of aliphatic hydroxyl groups excluding tert-OH is 1. The Bertz CT molecular complexity index is 382. The first-order chi connectivity index (χ1) is 9.11. The quantitative estimate of drug-likeness (QED) is 0.871. The molecule has 0 aromatic heterocycles. The van der Waals surface area contributed by atoms with E-state index >= 15 is 0 Å². The van der Waals surface area contributed by atoms with Gasteiger partial charge in [-0.3, -0.25) is 0 Å². The third-order valence-electron chi connectivity index (χ3n) is 4.41. The standard InChI is InChI=1S/C16H26N2O/c1-12-10-18(3)13(2)9-15(12)17-16(11-19)14-7-5-4-6-8-14/h4-8,12-13,15-17,19H,9-11H2,1-3H3/t12?,13?,15?,16-/m0/s1. The van der Waals surface area contributed by atoms with Crippen molar-refractivity contribution in [3.05, 3.63) is 35.9 Å². The second-order valence-electron chi connectivity index (χ2n) is 5.92. The minimum atomic E-state index is 0.0456. The molecule has 0 bridgehead atoms. The molecule has 3 nitrogen and oxygen atoms in total. The Labute approximate surface area is 116 Å². The lowest BCUT2D eigenvalue weighted by Gasteiger charge is -2.41. The van der Waals surface area contributed by atoms with Gasteiger partial charge < -0.3 is 15.3 Å². The number of nitrogens with zero attached hydrogens (tertiary/aromatic N) is 1. The molecule has 1 aromatic rings. The lowest BCUT2D eigenvalue weighted by atomic mass is 9.89. The maximum atomic E-state index is 9.64. The fourth-order valence-electron chi connectivity index (χ4n) is 2.97. The van der Waals surface area contributed by atoms with Crippen LogP contribution in [0.15, 0.2) is 30.3 Å². The highest BCUT2D eigenvalue weighted by molar-refractivity contribution is 5.19. The van der Waals surface area contributed by atoms with Crippen molar-refractivity contribution in [1.29, 1.82) is 0 Å². The van der Waals surface area contributed by atoms with Crippen molar-refractivity contribution < 1.29 is 5.11 Å². The molecule has 2 rings (SSSR count). The van der Waals surface area contributed by atoms with E-state index in [0.717, 1.165) is 13.0 Å². The fraction of sp³-hybridized carbons (Fsp3) is 0.625. The van der Waals surface area contributed by atoms with Gasteiger partial charge in [0.2, 0.25) is 0 Å². The van der Waals surface area contributed by atoms with Gasteiger partial charge in [-0.2, -0.15) is 0 Å². The van der Waals surface area contributed by atoms with Gasteiger partial charge in [0.1, 0.15) is 0 Å². The van der Waals surface area contributed by atoms with Crippen LogP contribution in [0.3, 0.4) is 0 Å². The van der Waals surface area contributed by atoms with Gasteiger partial charge in [0.05, 0.1) is 12.6 Å². The van der Waals surface area contributed by atoms with Crippen molar-refractivity contribution in [2.45, 2.75) is 38.4 Å². The Morgan fingerprint density at radius 3 is 2.63 bits per heavy atom. The molecule has 0 radical (unpaired) electrons. The predicted molar refractivity (Wildman–Crippen MR) is 79.1 cm³/mol. The highest BCUT2D eigenvalue weighted by Crippen LogP contribution is 2.23. The molecule has 1 heterocycles. The molecule has 0 spiro atoms. The van der Waals surface area contributed by atoms with Crippen LogP contribution in [0, 0.1) is 5.92 Å². The second-order valence-corrected chi connectivity index (χ2v) is 5.92. The van der Waals surface area contributed by atoms with Crippen molar-refractivity contribution in [2.75, 3.05) is 20.2 Å². The molecule has 3 unspecified atom stereocenters. The average molecular weight is 262 g/mol. The average Bonchev–Trinajstić information content (AvgIpc) is 2.42. The molecule has 1 aromatic carbocycles. The van der Waals surface area contributed by atoms with Crippen LogP contribution in [-0.2, 0) is 0 Å². The van der Waals surface area contributed by atoms with Crippen LogP contribution in [0.1, 0.15) is 31.9 Å². The molecule has 1 aliphatic heterocycles. The van der Waals surface area contributed by atoms with Crippen molar-refractivity contribution in [3.63, 3.8) is 0 Å². The van der Waals surface area contributed by atoms with E-state index in [1.165, 1.54) is 5.56 Å². The number of piperidine rings is 1. The summed E-state index contributed by atoms with van der Waals surface area (Å²) in [5.74, 6) is 0.610. The molecule has 4 atom stereocenters. The molecule has 106 valence electrons. The molecule has 19 heavy (non-hydrogen) atoms. The zero-order valence-corrected chi connectivity index (χ0v) is 12.2. The van der Waals surface area contributed by atoms with Gasteiger partial charge in [0.15, 0.2) is 0 Å². The lowest BCUT2D eigenvalue weighted by molar-refractivity contribution is 0.107. The van der Waals surface area contributed by atoms with E-state index in [2.05, 4.69) is 43.2 Å². The van der Waals surface area contributed by atoms with Crippen LogP contribution in [0.5, 0.6) is 0 Å². The molecular weight excluding hydrogens is 236 g/mol. The molecule has 0 aliphatic carbocycles. The number of hydrogen-bond donors (Lipinski definition) is 2. The Morgan fingerprint density at radius 1 is 1.32 bits per heavy atom. The van der Waals surface area contributed by atoms with Gasteiger partial charge >= 0.3 is 0 Å². The molecule has 2 N–H and O–H groups in total. The van der Waals surface area contributed by atoms with Crippen LogP contribution in [0.4, 0.5) is 0 Å². The highest BCUT2D eigenvalue weighted by atomic mass is 16.3. The van der Waals surface area contributed by atoms with Crippen LogP contribution >= 0.6 is 0 Å². The Hall–Kier alpha value is -0.900. The number of hydrogen-bond acceptors (Lipinski definition) is 3. The maximum Gasteiger partial charge on any atom is 0.0626 e. The first kappa shape index (κ1) is 14.5. The zero-order chi connectivity index (χ0) is 13.8. The van der Waals surface area contributed by atoms with Crippen LogP contribution < -0.4 is 5.32 Å². The fourth-order valence-corrected chi connectivity index (χ4v) is 2.97. The number of rotatable bonds is 4. The molecular formula is C16H26N2O. The minimum absolute atomic E-state index is 0.0456. The molecule has 3 heteroatoms. The van der Waals surface area contributed by atoms with Crippen LogP contribution in [-0.4, -0.2) is 42.3 Å². The third-order valence-corrected chi connectivity index (χ3v) is 4.41.